The summed E-state index contributed by atoms with van der Waals surface area (Å²) in [5.74, 6) is -1.06. The SMILES string of the molecule is CSCCC(CC=O)C(=O)NC(CC(C)C)C(=O)CC(CO)C(C)=O. The Hall–Kier alpha value is -1.21. The molecule has 0 saturated heterocycles. The Labute approximate surface area is 154 Å². The van der Waals surface area contributed by atoms with Crippen molar-refractivity contribution in [2.75, 3.05) is 18.6 Å². The molecule has 0 saturated carbocycles. The van der Waals surface area contributed by atoms with Crippen LogP contribution < -0.4 is 5.32 Å². The smallest absolute Gasteiger partial charge is 0.224 e. The van der Waals surface area contributed by atoms with Crippen LogP contribution in [0.5, 0.6) is 0 Å². The molecule has 0 aromatic heterocycles. The van der Waals surface area contributed by atoms with Gasteiger partial charge in [0.2, 0.25) is 5.91 Å². The number of aldehydes is 1. The van der Waals surface area contributed by atoms with Gasteiger partial charge in [0.05, 0.1) is 12.6 Å². The first-order chi connectivity index (χ1) is 11.8. The predicted molar refractivity (Wildman–Crippen MR) is 99.4 cm³/mol. The molecule has 0 aromatic carbocycles. The molecule has 0 radical (unpaired) electrons. The molecule has 0 spiro atoms. The van der Waals surface area contributed by atoms with Crippen molar-refractivity contribution >= 4 is 35.5 Å². The zero-order valence-electron chi connectivity index (χ0n) is 15.6. The normalized spacial score (nSPS) is 14.6. The fraction of sp³-hybridized carbons (Fsp3) is 0.778. The van der Waals surface area contributed by atoms with Crippen molar-refractivity contribution in [3.05, 3.63) is 0 Å². The highest BCUT2D eigenvalue weighted by Crippen LogP contribution is 2.16. The van der Waals surface area contributed by atoms with Crippen molar-refractivity contribution in [3.8, 4) is 0 Å². The van der Waals surface area contributed by atoms with Gasteiger partial charge in [0.15, 0.2) is 5.78 Å². The first kappa shape index (κ1) is 23.8. The molecule has 0 bridgehead atoms. The standard InChI is InChI=1S/C18H31NO5S/c1-12(2)9-16(17(23)10-15(11-21)13(3)22)19-18(24)14(5-7-20)6-8-25-4/h7,12,14-16,21H,5-6,8-11H2,1-4H3,(H,19,24). The largest absolute Gasteiger partial charge is 0.396 e. The summed E-state index contributed by atoms with van der Waals surface area (Å²) >= 11 is 1.60. The van der Waals surface area contributed by atoms with E-state index in [1.807, 2.05) is 20.1 Å². The lowest BCUT2D eigenvalue weighted by molar-refractivity contribution is -0.133. The van der Waals surface area contributed by atoms with Crippen molar-refractivity contribution < 1.29 is 24.3 Å². The number of ketones is 2. The number of hydrogen-bond acceptors (Lipinski definition) is 6. The summed E-state index contributed by atoms with van der Waals surface area (Å²) < 4.78 is 0. The van der Waals surface area contributed by atoms with E-state index in [9.17, 15) is 24.3 Å². The summed E-state index contributed by atoms with van der Waals surface area (Å²) in [7, 11) is 0. The van der Waals surface area contributed by atoms with E-state index in [-0.39, 0.29) is 42.8 Å². The molecule has 2 N–H and O–H groups in total. The van der Waals surface area contributed by atoms with Crippen LogP contribution in [0.2, 0.25) is 0 Å². The van der Waals surface area contributed by atoms with Crippen LogP contribution in [0.1, 0.15) is 46.5 Å². The summed E-state index contributed by atoms with van der Waals surface area (Å²) in [6, 6.07) is -0.704. The molecule has 3 unspecified atom stereocenters. The maximum Gasteiger partial charge on any atom is 0.224 e. The lowest BCUT2D eigenvalue weighted by Gasteiger charge is -2.23. The van der Waals surface area contributed by atoms with E-state index in [1.54, 1.807) is 11.8 Å². The molecule has 1 amide bonds. The average molecular weight is 374 g/mol. The van der Waals surface area contributed by atoms with Gasteiger partial charge in [-0.3, -0.25) is 14.4 Å². The molecular weight excluding hydrogens is 342 g/mol. The molecule has 7 heteroatoms. The van der Waals surface area contributed by atoms with Gasteiger partial charge in [-0.2, -0.15) is 11.8 Å². The van der Waals surface area contributed by atoms with Gasteiger partial charge >= 0.3 is 0 Å². The third-order valence-corrected chi connectivity index (χ3v) is 4.72. The second-order valence-electron chi connectivity index (χ2n) is 6.73. The number of amides is 1. The number of Topliss-reactive ketones (excluding diaryl/α,β-unsaturated/α-hetero) is 2. The minimum Gasteiger partial charge on any atom is -0.396 e. The molecule has 144 valence electrons. The average Bonchev–Trinajstić information content (AvgIpc) is 2.54. The number of rotatable bonds is 14. The quantitative estimate of drug-likeness (QED) is 0.449. The number of aliphatic hydroxyl groups excluding tert-OH is 1. The third kappa shape index (κ3) is 9.75. The minimum atomic E-state index is -0.735. The van der Waals surface area contributed by atoms with Crippen LogP contribution in [0.15, 0.2) is 0 Å². The molecule has 0 aliphatic heterocycles. The molecule has 0 aliphatic carbocycles. The van der Waals surface area contributed by atoms with Gasteiger partial charge < -0.3 is 15.2 Å². The fourth-order valence-corrected chi connectivity index (χ4v) is 3.01. The van der Waals surface area contributed by atoms with E-state index >= 15 is 0 Å². The summed E-state index contributed by atoms with van der Waals surface area (Å²) in [4.78, 5) is 47.3. The first-order valence-corrected chi connectivity index (χ1v) is 10.0. The number of carbonyl (C=O) groups excluding carboxylic acids is 4. The van der Waals surface area contributed by atoms with Crippen molar-refractivity contribution in [2.24, 2.45) is 17.8 Å². The van der Waals surface area contributed by atoms with E-state index in [0.717, 1.165) is 12.0 Å². The Morgan fingerprint density at radius 1 is 1.20 bits per heavy atom. The summed E-state index contributed by atoms with van der Waals surface area (Å²) in [5.41, 5.74) is 0. The van der Waals surface area contributed by atoms with Crippen LogP contribution >= 0.6 is 11.8 Å². The van der Waals surface area contributed by atoms with Gasteiger partial charge in [0.1, 0.15) is 12.1 Å². The van der Waals surface area contributed by atoms with E-state index in [0.29, 0.717) is 12.8 Å². The van der Waals surface area contributed by atoms with Crippen LogP contribution in [0.3, 0.4) is 0 Å². The van der Waals surface area contributed by atoms with Crippen molar-refractivity contribution in [1.82, 2.24) is 5.32 Å². The Balaban J connectivity index is 5.05. The van der Waals surface area contributed by atoms with Gasteiger partial charge in [-0.05, 0) is 37.7 Å². The van der Waals surface area contributed by atoms with Crippen LogP contribution in [0.25, 0.3) is 0 Å². The van der Waals surface area contributed by atoms with Gasteiger partial charge in [-0.1, -0.05) is 13.8 Å². The second kappa shape index (κ2) is 13.1. The van der Waals surface area contributed by atoms with Crippen molar-refractivity contribution in [1.29, 1.82) is 0 Å². The number of thioether (sulfide) groups is 1. The first-order valence-electron chi connectivity index (χ1n) is 8.63. The Bertz CT molecular complexity index is 453. The highest BCUT2D eigenvalue weighted by molar-refractivity contribution is 7.98. The molecule has 3 atom stereocenters. The molecule has 0 fully saturated rings. The molecule has 0 aliphatic rings. The Morgan fingerprint density at radius 3 is 2.28 bits per heavy atom. The van der Waals surface area contributed by atoms with Crippen LogP contribution in [-0.4, -0.2) is 53.5 Å². The van der Waals surface area contributed by atoms with Gasteiger partial charge in [-0.15, -0.1) is 0 Å². The Kier molecular flexibility index (Phi) is 12.4. The second-order valence-corrected chi connectivity index (χ2v) is 7.72. The highest BCUT2D eigenvalue weighted by Gasteiger charge is 2.28. The van der Waals surface area contributed by atoms with Crippen molar-refractivity contribution in [2.45, 2.75) is 52.5 Å². The molecule has 25 heavy (non-hydrogen) atoms. The van der Waals surface area contributed by atoms with Crippen LogP contribution in [-0.2, 0) is 19.2 Å². The molecule has 0 rings (SSSR count). The minimum absolute atomic E-state index is 0.0906. The number of carbonyl (C=O) groups is 4. The van der Waals surface area contributed by atoms with Gasteiger partial charge in [0, 0.05) is 24.7 Å². The topological polar surface area (TPSA) is 101 Å². The van der Waals surface area contributed by atoms with Crippen LogP contribution in [0, 0.1) is 17.8 Å². The van der Waals surface area contributed by atoms with Gasteiger partial charge in [0.25, 0.3) is 0 Å². The molecule has 6 nitrogen and oxygen atoms in total. The fourth-order valence-electron chi connectivity index (χ4n) is 2.49. The molecule has 0 aromatic rings. The van der Waals surface area contributed by atoms with E-state index in [2.05, 4.69) is 5.32 Å². The summed E-state index contributed by atoms with van der Waals surface area (Å²) in [6.07, 6.45) is 3.71. The monoisotopic (exact) mass is 373 g/mol. The Morgan fingerprint density at radius 2 is 1.84 bits per heavy atom. The number of aliphatic hydroxyl groups is 1. The maximum atomic E-state index is 12.5. The maximum absolute atomic E-state index is 12.5. The number of hydrogen-bond donors (Lipinski definition) is 2. The van der Waals surface area contributed by atoms with Crippen molar-refractivity contribution in [3.63, 3.8) is 0 Å². The van der Waals surface area contributed by atoms with Crippen LogP contribution in [0.4, 0.5) is 0 Å². The molecule has 0 heterocycles. The van der Waals surface area contributed by atoms with E-state index in [1.165, 1.54) is 6.92 Å². The highest BCUT2D eigenvalue weighted by atomic mass is 32.2. The third-order valence-electron chi connectivity index (χ3n) is 4.08. The lowest BCUT2D eigenvalue weighted by Crippen LogP contribution is -2.45. The predicted octanol–water partition coefficient (Wildman–Crippen LogP) is 1.63. The van der Waals surface area contributed by atoms with Gasteiger partial charge in [-0.25, -0.2) is 0 Å². The van der Waals surface area contributed by atoms with E-state index in [4.69, 9.17) is 0 Å². The van der Waals surface area contributed by atoms with E-state index < -0.39 is 17.9 Å². The lowest BCUT2D eigenvalue weighted by atomic mass is 9.91. The molecular formula is C18H31NO5S. The summed E-state index contributed by atoms with van der Waals surface area (Å²) in [5, 5.41) is 12.0. The zero-order chi connectivity index (χ0) is 19.4. The zero-order valence-corrected chi connectivity index (χ0v) is 16.4. The summed E-state index contributed by atoms with van der Waals surface area (Å²) in [6.45, 7) is 4.84. The number of nitrogens with one attached hydrogen (secondary N) is 1.